The fraction of sp³-hybridized carbons (Fsp3) is 0.143. The molecule has 4 amide bonds. The van der Waals surface area contributed by atoms with Crippen LogP contribution in [0.15, 0.2) is 61.2 Å². The SMILES string of the molecule is O=C(CNC(=O)c1cccc(CN2C(=O)CSC2=O)c1)Nc1ccc(-n2cncn2)cc1. The average molecular weight is 450 g/mol. The normalized spacial score (nSPS) is 13.3. The lowest BCUT2D eigenvalue weighted by Crippen LogP contribution is -2.33. The summed E-state index contributed by atoms with van der Waals surface area (Å²) in [5.74, 6) is -0.928. The van der Waals surface area contributed by atoms with Crippen molar-refractivity contribution >= 4 is 40.4 Å². The van der Waals surface area contributed by atoms with Crippen LogP contribution in [0, 0.1) is 0 Å². The Morgan fingerprint density at radius 2 is 1.91 bits per heavy atom. The molecule has 11 heteroatoms. The first-order valence-electron chi connectivity index (χ1n) is 9.59. The molecule has 0 atom stereocenters. The summed E-state index contributed by atoms with van der Waals surface area (Å²) < 4.78 is 1.59. The highest BCUT2D eigenvalue weighted by atomic mass is 32.2. The van der Waals surface area contributed by atoms with E-state index in [9.17, 15) is 19.2 Å². The van der Waals surface area contributed by atoms with Gasteiger partial charge in [0.25, 0.3) is 11.1 Å². The number of hydrogen-bond acceptors (Lipinski definition) is 7. The monoisotopic (exact) mass is 450 g/mol. The number of imide groups is 1. The Hall–Kier alpha value is -3.99. The van der Waals surface area contributed by atoms with E-state index in [2.05, 4.69) is 20.7 Å². The Labute approximate surface area is 187 Å². The van der Waals surface area contributed by atoms with Crippen molar-refractivity contribution in [3.8, 4) is 5.69 Å². The van der Waals surface area contributed by atoms with Crippen LogP contribution in [0.5, 0.6) is 0 Å². The summed E-state index contributed by atoms with van der Waals surface area (Å²) in [6, 6.07) is 13.6. The zero-order chi connectivity index (χ0) is 22.5. The smallest absolute Gasteiger partial charge is 0.289 e. The molecule has 32 heavy (non-hydrogen) atoms. The van der Waals surface area contributed by atoms with Gasteiger partial charge in [0, 0.05) is 11.3 Å². The summed E-state index contributed by atoms with van der Waals surface area (Å²) in [6.45, 7) is -0.107. The van der Waals surface area contributed by atoms with E-state index < -0.39 is 5.91 Å². The minimum atomic E-state index is -0.433. The third kappa shape index (κ3) is 5.01. The van der Waals surface area contributed by atoms with Gasteiger partial charge in [-0.1, -0.05) is 23.9 Å². The van der Waals surface area contributed by atoms with Gasteiger partial charge in [-0.15, -0.1) is 0 Å². The van der Waals surface area contributed by atoms with Crippen molar-refractivity contribution < 1.29 is 19.2 Å². The molecule has 1 aliphatic heterocycles. The molecule has 2 N–H and O–H groups in total. The van der Waals surface area contributed by atoms with E-state index in [0.29, 0.717) is 16.8 Å². The molecular weight excluding hydrogens is 432 g/mol. The number of benzene rings is 2. The number of carbonyl (C=O) groups is 4. The molecule has 1 fully saturated rings. The lowest BCUT2D eigenvalue weighted by molar-refractivity contribution is -0.125. The molecule has 1 aromatic heterocycles. The Balaban J connectivity index is 1.30. The number of nitrogens with one attached hydrogen (secondary N) is 2. The average Bonchev–Trinajstić information content (AvgIpc) is 3.44. The van der Waals surface area contributed by atoms with Gasteiger partial charge in [0.05, 0.1) is 24.5 Å². The van der Waals surface area contributed by atoms with Crippen LogP contribution in [0.25, 0.3) is 5.69 Å². The molecule has 0 aliphatic carbocycles. The van der Waals surface area contributed by atoms with Crippen LogP contribution < -0.4 is 10.6 Å². The van der Waals surface area contributed by atoms with Gasteiger partial charge in [-0.3, -0.25) is 24.1 Å². The maximum absolute atomic E-state index is 12.4. The Morgan fingerprint density at radius 1 is 1.09 bits per heavy atom. The largest absolute Gasteiger partial charge is 0.343 e. The third-order valence-electron chi connectivity index (χ3n) is 4.61. The minimum absolute atomic E-state index is 0.108. The molecule has 0 bridgehead atoms. The number of thioether (sulfide) groups is 1. The molecule has 0 radical (unpaired) electrons. The van der Waals surface area contributed by atoms with Crippen LogP contribution >= 0.6 is 11.8 Å². The van der Waals surface area contributed by atoms with Gasteiger partial charge in [-0.25, -0.2) is 9.67 Å². The predicted molar refractivity (Wildman–Crippen MR) is 117 cm³/mol. The molecule has 1 saturated heterocycles. The van der Waals surface area contributed by atoms with E-state index in [-0.39, 0.29) is 35.9 Å². The molecule has 4 rings (SSSR count). The molecule has 0 saturated carbocycles. The number of anilines is 1. The van der Waals surface area contributed by atoms with E-state index in [1.807, 2.05) is 0 Å². The summed E-state index contributed by atoms with van der Waals surface area (Å²) in [5.41, 5.74) is 2.36. The van der Waals surface area contributed by atoms with Crippen molar-refractivity contribution in [1.29, 1.82) is 0 Å². The van der Waals surface area contributed by atoms with Crippen LogP contribution in [0.4, 0.5) is 10.5 Å². The van der Waals surface area contributed by atoms with Crippen molar-refractivity contribution in [3.05, 3.63) is 72.3 Å². The van der Waals surface area contributed by atoms with Gasteiger partial charge in [0.15, 0.2) is 0 Å². The fourth-order valence-corrected chi connectivity index (χ4v) is 3.76. The van der Waals surface area contributed by atoms with E-state index in [0.717, 1.165) is 22.3 Å². The molecule has 0 spiro atoms. The molecule has 3 aromatic rings. The lowest BCUT2D eigenvalue weighted by atomic mass is 10.1. The summed E-state index contributed by atoms with van der Waals surface area (Å²) in [5, 5.41) is 9.01. The maximum atomic E-state index is 12.4. The van der Waals surface area contributed by atoms with E-state index in [1.54, 1.807) is 59.5 Å². The second-order valence-corrected chi connectivity index (χ2v) is 7.78. The topological polar surface area (TPSA) is 126 Å². The van der Waals surface area contributed by atoms with Crippen molar-refractivity contribution in [2.45, 2.75) is 6.54 Å². The van der Waals surface area contributed by atoms with Gasteiger partial charge in [0.1, 0.15) is 12.7 Å². The van der Waals surface area contributed by atoms with Crippen LogP contribution in [-0.2, 0) is 16.1 Å². The molecule has 162 valence electrons. The zero-order valence-corrected chi connectivity index (χ0v) is 17.5. The van der Waals surface area contributed by atoms with E-state index in [1.165, 1.54) is 6.33 Å². The molecule has 2 aromatic carbocycles. The summed E-state index contributed by atoms with van der Waals surface area (Å²) in [7, 11) is 0. The first-order valence-corrected chi connectivity index (χ1v) is 10.6. The van der Waals surface area contributed by atoms with Crippen LogP contribution in [0.3, 0.4) is 0 Å². The van der Waals surface area contributed by atoms with E-state index >= 15 is 0 Å². The fourth-order valence-electron chi connectivity index (χ4n) is 3.03. The molecule has 0 unspecified atom stereocenters. The minimum Gasteiger partial charge on any atom is -0.343 e. The van der Waals surface area contributed by atoms with Crippen molar-refractivity contribution in [3.63, 3.8) is 0 Å². The number of nitrogens with zero attached hydrogens (tertiary/aromatic N) is 4. The number of amides is 4. The third-order valence-corrected chi connectivity index (χ3v) is 5.47. The number of aromatic nitrogens is 3. The second kappa shape index (κ2) is 9.43. The van der Waals surface area contributed by atoms with Gasteiger partial charge in [-0.05, 0) is 42.0 Å². The summed E-state index contributed by atoms with van der Waals surface area (Å²) in [6.07, 6.45) is 3.00. The van der Waals surface area contributed by atoms with Crippen molar-refractivity contribution in [1.82, 2.24) is 25.0 Å². The van der Waals surface area contributed by atoms with Crippen LogP contribution in [-0.4, -0.2) is 54.9 Å². The Morgan fingerprint density at radius 3 is 2.59 bits per heavy atom. The second-order valence-electron chi connectivity index (χ2n) is 6.85. The summed E-state index contributed by atoms with van der Waals surface area (Å²) >= 11 is 0.962. The van der Waals surface area contributed by atoms with Gasteiger partial charge in [-0.2, -0.15) is 5.10 Å². The standard InChI is InChI=1S/C21H18N6O4S/c28-18(25-16-4-6-17(7-5-16)27-13-22-12-24-27)9-23-20(30)15-3-1-2-14(8-15)10-26-19(29)11-32-21(26)31/h1-8,12-13H,9-11H2,(H,23,30)(H,25,28). The van der Waals surface area contributed by atoms with Crippen LogP contribution in [0.2, 0.25) is 0 Å². The zero-order valence-electron chi connectivity index (χ0n) is 16.7. The maximum Gasteiger partial charge on any atom is 0.289 e. The molecule has 2 heterocycles. The van der Waals surface area contributed by atoms with Crippen molar-refractivity contribution in [2.24, 2.45) is 0 Å². The van der Waals surface area contributed by atoms with Crippen LogP contribution in [0.1, 0.15) is 15.9 Å². The van der Waals surface area contributed by atoms with Gasteiger partial charge < -0.3 is 10.6 Å². The molecule has 1 aliphatic rings. The first-order chi connectivity index (χ1) is 15.5. The van der Waals surface area contributed by atoms with E-state index in [4.69, 9.17) is 0 Å². The first kappa shape index (κ1) is 21.2. The van der Waals surface area contributed by atoms with Gasteiger partial charge in [0.2, 0.25) is 11.8 Å². The van der Waals surface area contributed by atoms with Crippen molar-refractivity contribution in [2.75, 3.05) is 17.6 Å². The quantitative estimate of drug-likeness (QED) is 0.562. The highest BCUT2D eigenvalue weighted by Crippen LogP contribution is 2.21. The number of carbonyl (C=O) groups excluding carboxylic acids is 4. The Kier molecular flexibility index (Phi) is 6.26. The highest BCUT2D eigenvalue weighted by molar-refractivity contribution is 8.14. The summed E-state index contributed by atoms with van der Waals surface area (Å²) in [4.78, 5) is 53.2. The Bertz CT molecular complexity index is 1150. The molecule has 10 nitrogen and oxygen atoms in total. The highest BCUT2D eigenvalue weighted by Gasteiger charge is 2.29. The lowest BCUT2D eigenvalue weighted by Gasteiger charge is -2.13. The predicted octanol–water partition coefficient (Wildman–Crippen LogP) is 1.83. The van der Waals surface area contributed by atoms with Gasteiger partial charge >= 0.3 is 0 Å². The molecular formula is C21H18N6O4S. The number of rotatable bonds is 7. The number of hydrogen-bond donors (Lipinski definition) is 2.